The van der Waals surface area contributed by atoms with Crippen LogP contribution in [0.5, 0.6) is 5.75 Å². The van der Waals surface area contributed by atoms with Crippen molar-refractivity contribution in [1.82, 2.24) is 14.9 Å². The highest BCUT2D eigenvalue weighted by Crippen LogP contribution is 2.08. The SMILES string of the molecule is CCc1nnc(N/N=C/c2ccc(O)cc2)n1N. The Morgan fingerprint density at radius 3 is 2.72 bits per heavy atom. The van der Waals surface area contributed by atoms with E-state index in [1.807, 2.05) is 6.92 Å². The van der Waals surface area contributed by atoms with Gasteiger partial charge in [-0.25, -0.2) is 10.1 Å². The standard InChI is InChI=1S/C11H14N6O/c1-2-10-14-16-11(17(10)12)15-13-7-8-3-5-9(18)6-4-8/h3-7,18H,2,12H2,1H3,(H,15,16)/b13-7+. The van der Waals surface area contributed by atoms with Crippen molar-refractivity contribution in [2.75, 3.05) is 11.3 Å². The van der Waals surface area contributed by atoms with Gasteiger partial charge in [-0.2, -0.15) is 5.10 Å². The van der Waals surface area contributed by atoms with E-state index >= 15 is 0 Å². The number of hydrogen-bond donors (Lipinski definition) is 3. The zero-order valence-corrected chi connectivity index (χ0v) is 9.91. The van der Waals surface area contributed by atoms with Gasteiger partial charge in [0.15, 0.2) is 5.82 Å². The van der Waals surface area contributed by atoms with Gasteiger partial charge in [0.2, 0.25) is 0 Å². The van der Waals surface area contributed by atoms with Gasteiger partial charge in [0.1, 0.15) is 5.75 Å². The molecule has 0 unspecified atom stereocenters. The van der Waals surface area contributed by atoms with E-state index in [1.165, 1.54) is 4.68 Å². The van der Waals surface area contributed by atoms with Crippen molar-refractivity contribution in [2.24, 2.45) is 5.10 Å². The van der Waals surface area contributed by atoms with Crippen molar-refractivity contribution >= 4 is 12.2 Å². The normalized spacial score (nSPS) is 10.9. The number of aromatic hydroxyl groups is 1. The molecule has 0 aliphatic carbocycles. The molecule has 0 fully saturated rings. The summed E-state index contributed by atoms with van der Waals surface area (Å²) < 4.78 is 1.36. The van der Waals surface area contributed by atoms with Crippen LogP contribution in [0.15, 0.2) is 29.4 Å². The number of nitrogens with one attached hydrogen (secondary N) is 1. The maximum atomic E-state index is 9.13. The maximum absolute atomic E-state index is 9.13. The molecule has 0 radical (unpaired) electrons. The molecule has 7 nitrogen and oxygen atoms in total. The number of hydrogen-bond acceptors (Lipinski definition) is 6. The zero-order chi connectivity index (χ0) is 13.0. The molecule has 2 aromatic rings. The number of nitrogens with two attached hydrogens (primary N) is 1. The summed E-state index contributed by atoms with van der Waals surface area (Å²) in [4.78, 5) is 0. The smallest absolute Gasteiger partial charge is 0.263 e. The predicted molar refractivity (Wildman–Crippen MR) is 68.9 cm³/mol. The van der Waals surface area contributed by atoms with E-state index in [0.717, 1.165) is 5.56 Å². The van der Waals surface area contributed by atoms with Crippen molar-refractivity contribution in [3.05, 3.63) is 35.7 Å². The number of rotatable bonds is 4. The Hall–Kier alpha value is -2.57. The molecule has 18 heavy (non-hydrogen) atoms. The summed E-state index contributed by atoms with van der Waals surface area (Å²) in [5, 5.41) is 20.9. The van der Waals surface area contributed by atoms with E-state index in [2.05, 4.69) is 20.7 Å². The third-order valence-electron chi connectivity index (χ3n) is 2.35. The maximum Gasteiger partial charge on any atom is 0.263 e. The molecule has 0 saturated heterocycles. The van der Waals surface area contributed by atoms with Crippen LogP contribution in [0.4, 0.5) is 5.95 Å². The monoisotopic (exact) mass is 246 g/mol. The first-order valence-corrected chi connectivity index (χ1v) is 5.48. The number of benzene rings is 1. The van der Waals surface area contributed by atoms with Crippen LogP contribution in [0.3, 0.4) is 0 Å². The Balaban J connectivity index is 2.02. The van der Waals surface area contributed by atoms with E-state index in [1.54, 1.807) is 30.5 Å². The van der Waals surface area contributed by atoms with Crippen LogP contribution in [-0.2, 0) is 6.42 Å². The van der Waals surface area contributed by atoms with Gasteiger partial charge < -0.3 is 10.9 Å². The summed E-state index contributed by atoms with van der Waals surface area (Å²) in [6, 6.07) is 6.65. The minimum Gasteiger partial charge on any atom is -0.508 e. The fraction of sp³-hybridized carbons (Fsp3) is 0.182. The summed E-state index contributed by atoms with van der Waals surface area (Å²) in [7, 11) is 0. The number of aryl methyl sites for hydroxylation is 1. The number of aromatic nitrogens is 3. The molecular weight excluding hydrogens is 232 g/mol. The summed E-state index contributed by atoms with van der Waals surface area (Å²) in [6.07, 6.45) is 2.30. The predicted octanol–water partition coefficient (Wildman–Crippen LogP) is 0.706. The highest BCUT2D eigenvalue weighted by molar-refractivity contribution is 5.80. The molecule has 94 valence electrons. The number of nitrogen functional groups attached to an aromatic ring is 1. The Labute approximate surface area is 104 Å². The van der Waals surface area contributed by atoms with Gasteiger partial charge in [0, 0.05) is 6.42 Å². The topological polar surface area (TPSA) is 101 Å². The van der Waals surface area contributed by atoms with Crippen molar-refractivity contribution in [3.63, 3.8) is 0 Å². The van der Waals surface area contributed by atoms with Crippen LogP contribution in [0.25, 0.3) is 0 Å². The quantitative estimate of drug-likeness (QED) is 0.419. The molecule has 0 saturated carbocycles. The average molecular weight is 246 g/mol. The van der Waals surface area contributed by atoms with Gasteiger partial charge in [0.05, 0.1) is 6.21 Å². The number of nitrogens with zero attached hydrogens (tertiary/aromatic N) is 4. The van der Waals surface area contributed by atoms with Gasteiger partial charge in [0.25, 0.3) is 5.95 Å². The minimum atomic E-state index is 0.217. The molecule has 0 bridgehead atoms. The van der Waals surface area contributed by atoms with Gasteiger partial charge in [-0.3, -0.25) is 0 Å². The lowest BCUT2D eigenvalue weighted by atomic mass is 10.2. The number of phenols is 1. The Bertz CT molecular complexity index is 545. The van der Waals surface area contributed by atoms with Crippen LogP contribution in [0.1, 0.15) is 18.3 Å². The second-order valence-corrected chi connectivity index (χ2v) is 3.62. The molecular formula is C11H14N6O. The van der Waals surface area contributed by atoms with Crippen LogP contribution >= 0.6 is 0 Å². The summed E-state index contributed by atoms with van der Waals surface area (Å²) in [6.45, 7) is 1.94. The van der Waals surface area contributed by atoms with E-state index in [9.17, 15) is 0 Å². The third-order valence-corrected chi connectivity index (χ3v) is 2.35. The van der Waals surface area contributed by atoms with Crippen LogP contribution in [0.2, 0.25) is 0 Å². The van der Waals surface area contributed by atoms with Crippen molar-refractivity contribution in [1.29, 1.82) is 0 Å². The molecule has 0 aliphatic rings. The van der Waals surface area contributed by atoms with Gasteiger partial charge in [-0.15, -0.1) is 10.2 Å². The van der Waals surface area contributed by atoms with E-state index in [4.69, 9.17) is 10.9 Å². The molecule has 0 atom stereocenters. The second-order valence-electron chi connectivity index (χ2n) is 3.62. The van der Waals surface area contributed by atoms with Gasteiger partial charge in [-0.05, 0) is 29.8 Å². The average Bonchev–Trinajstić information content (AvgIpc) is 2.73. The molecule has 0 spiro atoms. The lowest BCUT2D eigenvalue weighted by Crippen LogP contribution is -2.14. The molecule has 1 aromatic heterocycles. The first-order valence-electron chi connectivity index (χ1n) is 5.48. The van der Waals surface area contributed by atoms with Gasteiger partial charge in [-0.1, -0.05) is 6.92 Å². The number of hydrazone groups is 1. The molecule has 1 aromatic carbocycles. The second kappa shape index (κ2) is 5.17. The minimum absolute atomic E-state index is 0.217. The fourth-order valence-corrected chi connectivity index (χ4v) is 1.37. The van der Waals surface area contributed by atoms with Crippen LogP contribution in [0, 0.1) is 0 Å². The van der Waals surface area contributed by atoms with E-state index in [0.29, 0.717) is 18.2 Å². The zero-order valence-electron chi connectivity index (χ0n) is 9.91. The first-order chi connectivity index (χ1) is 8.70. The highest BCUT2D eigenvalue weighted by Gasteiger charge is 2.05. The molecule has 0 amide bonds. The molecule has 7 heteroatoms. The van der Waals surface area contributed by atoms with Gasteiger partial charge >= 0.3 is 0 Å². The lowest BCUT2D eigenvalue weighted by Gasteiger charge is -2.00. The van der Waals surface area contributed by atoms with Crippen molar-refractivity contribution in [3.8, 4) is 5.75 Å². The third kappa shape index (κ3) is 2.57. The Morgan fingerprint density at radius 1 is 1.39 bits per heavy atom. The molecule has 1 heterocycles. The number of anilines is 1. The molecule has 0 aliphatic heterocycles. The Kier molecular flexibility index (Phi) is 3.42. The van der Waals surface area contributed by atoms with Crippen molar-refractivity contribution < 1.29 is 5.11 Å². The summed E-state index contributed by atoms with van der Waals surface area (Å²) in [5.41, 5.74) is 3.55. The van der Waals surface area contributed by atoms with E-state index in [-0.39, 0.29) is 5.75 Å². The lowest BCUT2D eigenvalue weighted by molar-refractivity contribution is 0.475. The summed E-state index contributed by atoms with van der Waals surface area (Å²) in [5.74, 6) is 7.01. The van der Waals surface area contributed by atoms with E-state index < -0.39 is 0 Å². The first kappa shape index (κ1) is 11.9. The van der Waals surface area contributed by atoms with Crippen molar-refractivity contribution in [2.45, 2.75) is 13.3 Å². The van der Waals surface area contributed by atoms with Crippen LogP contribution < -0.4 is 11.3 Å². The largest absolute Gasteiger partial charge is 0.508 e. The highest BCUT2D eigenvalue weighted by atomic mass is 16.3. The fourth-order valence-electron chi connectivity index (χ4n) is 1.37. The Morgan fingerprint density at radius 2 is 2.11 bits per heavy atom. The molecule has 4 N–H and O–H groups in total. The van der Waals surface area contributed by atoms with Crippen LogP contribution in [-0.4, -0.2) is 26.2 Å². The number of phenolic OH excluding ortho intramolecular Hbond substituents is 1. The summed E-state index contributed by atoms with van der Waals surface area (Å²) >= 11 is 0. The molecule has 2 rings (SSSR count).